The first-order chi connectivity index (χ1) is 16.0. The first-order valence-corrected chi connectivity index (χ1v) is 11.7. The van der Waals surface area contributed by atoms with Gasteiger partial charge in [0.2, 0.25) is 5.91 Å². The van der Waals surface area contributed by atoms with Gasteiger partial charge in [0, 0.05) is 24.9 Å². The fourth-order valence-electron chi connectivity index (χ4n) is 5.30. The molecule has 33 heavy (non-hydrogen) atoms. The molecule has 0 radical (unpaired) electrons. The van der Waals surface area contributed by atoms with Crippen LogP contribution in [0.15, 0.2) is 48.5 Å². The van der Waals surface area contributed by atoms with Crippen LogP contribution in [-0.2, 0) is 14.3 Å². The van der Waals surface area contributed by atoms with E-state index < -0.39 is 18.1 Å². The van der Waals surface area contributed by atoms with Gasteiger partial charge < -0.3 is 20.1 Å². The molecule has 1 aliphatic heterocycles. The fraction of sp³-hybridized carbons (Fsp3) is 0.423. The van der Waals surface area contributed by atoms with Gasteiger partial charge in [-0.1, -0.05) is 48.5 Å². The van der Waals surface area contributed by atoms with E-state index in [1.165, 1.54) is 16.0 Å². The summed E-state index contributed by atoms with van der Waals surface area (Å²) in [5.41, 5.74) is 4.68. The van der Waals surface area contributed by atoms with Crippen LogP contribution in [-0.4, -0.2) is 53.7 Å². The Morgan fingerprint density at radius 3 is 2.33 bits per heavy atom. The van der Waals surface area contributed by atoms with Crippen LogP contribution in [0, 0.1) is 11.8 Å². The smallest absolute Gasteiger partial charge is 0.407 e. The number of carboxylic acid groups (broad SMARTS) is 1. The highest BCUT2D eigenvalue weighted by atomic mass is 16.5. The lowest BCUT2D eigenvalue weighted by atomic mass is 9.98. The summed E-state index contributed by atoms with van der Waals surface area (Å²) in [6, 6.07) is 15.6. The highest BCUT2D eigenvalue weighted by Crippen LogP contribution is 2.44. The van der Waals surface area contributed by atoms with Crippen LogP contribution in [0.5, 0.6) is 0 Å². The van der Waals surface area contributed by atoms with Gasteiger partial charge in [-0.2, -0.15) is 0 Å². The molecule has 2 fully saturated rings. The molecule has 1 saturated heterocycles. The van der Waals surface area contributed by atoms with Crippen molar-refractivity contribution in [2.24, 2.45) is 11.8 Å². The number of carbonyl (C=O) groups is 3. The van der Waals surface area contributed by atoms with Crippen molar-refractivity contribution >= 4 is 18.0 Å². The molecule has 0 unspecified atom stereocenters. The van der Waals surface area contributed by atoms with E-state index in [-0.39, 0.29) is 30.3 Å². The number of fused-ring (bicyclic) bond motifs is 3. The van der Waals surface area contributed by atoms with Crippen LogP contribution >= 0.6 is 0 Å². The van der Waals surface area contributed by atoms with Crippen molar-refractivity contribution in [1.29, 1.82) is 0 Å². The molecular formula is C26H28N2O5. The second-order valence-electron chi connectivity index (χ2n) is 9.19. The number of carbonyl (C=O) groups excluding carboxylic acids is 2. The van der Waals surface area contributed by atoms with Crippen LogP contribution in [0.4, 0.5) is 4.79 Å². The Labute approximate surface area is 192 Å². The molecular weight excluding hydrogens is 420 g/mol. The van der Waals surface area contributed by atoms with E-state index in [1.807, 2.05) is 24.3 Å². The van der Waals surface area contributed by atoms with Gasteiger partial charge in [0.05, 0.1) is 0 Å². The Balaban J connectivity index is 1.12. The first-order valence-electron chi connectivity index (χ1n) is 11.7. The molecule has 3 aliphatic rings. The molecule has 2 amide bonds. The summed E-state index contributed by atoms with van der Waals surface area (Å²) in [5.74, 6) is -1.20. The zero-order valence-corrected chi connectivity index (χ0v) is 18.4. The largest absolute Gasteiger partial charge is 0.480 e. The molecule has 0 aromatic heterocycles. The Morgan fingerprint density at radius 2 is 1.67 bits per heavy atom. The van der Waals surface area contributed by atoms with Crippen molar-refractivity contribution in [2.75, 3.05) is 19.7 Å². The molecule has 2 aromatic carbocycles. The third-order valence-corrected chi connectivity index (χ3v) is 7.16. The summed E-state index contributed by atoms with van der Waals surface area (Å²) in [5, 5.41) is 12.2. The van der Waals surface area contributed by atoms with Gasteiger partial charge in [-0.15, -0.1) is 0 Å². The number of carboxylic acids is 1. The number of nitrogens with zero attached hydrogens (tertiary/aromatic N) is 1. The van der Waals surface area contributed by atoms with Gasteiger partial charge in [0.15, 0.2) is 0 Å². The number of alkyl carbamates (subject to hydrolysis) is 1. The van der Waals surface area contributed by atoms with Gasteiger partial charge >= 0.3 is 12.1 Å². The minimum atomic E-state index is -0.933. The van der Waals surface area contributed by atoms with E-state index in [4.69, 9.17) is 4.74 Å². The molecule has 2 N–H and O–H groups in total. The van der Waals surface area contributed by atoms with Gasteiger partial charge in [0.1, 0.15) is 12.6 Å². The SMILES string of the molecule is O=C(NC[C@@H]1C[C@@H]1C(=O)N1CCCC[C@H]1C(=O)O)OCC1c2ccccc2-c2ccccc21. The average Bonchev–Trinajstić information content (AvgIpc) is 3.55. The number of likely N-dealkylation sites (tertiary alicyclic amines) is 1. The Morgan fingerprint density at radius 1 is 1.00 bits per heavy atom. The third kappa shape index (κ3) is 4.19. The number of amides is 2. The number of nitrogens with one attached hydrogen (secondary N) is 1. The Kier molecular flexibility index (Phi) is 5.79. The highest BCUT2D eigenvalue weighted by Gasteiger charge is 2.47. The molecule has 1 saturated carbocycles. The lowest BCUT2D eigenvalue weighted by Gasteiger charge is -2.33. The van der Waals surface area contributed by atoms with Crippen molar-refractivity contribution < 1.29 is 24.2 Å². The lowest BCUT2D eigenvalue weighted by Crippen LogP contribution is -2.48. The van der Waals surface area contributed by atoms with Gasteiger partial charge in [-0.3, -0.25) is 4.79 Å². The number of aliphatic carboxylic acids is 1. The molecule has 2 aromatic rings. The summed E-state index contributed by atoms with van der Waals surface area (Å²) in [6.45, 7) is 1.11. The molecule has 0 bridgehead atoms. The van der Waals surface area contributed by atoms with Crippen LogP contribution in [0.2, 0.25) is 0 Å². The quantitative estimate of drug-likeness (QED) is 0.704. The summed E-state index contributed by atoms with van der Waals surface area (Å²) in [6.07, 6.45) is 2.36. The molecule has 2 aliphatic carbocycles. The standard InChI is InChI=1S/C26H28N2O5/c29-24(28-12-6-5-11-23(28)25(30)31)21-13-16(21)14-27-26(32)33-15-22-19-9-3-1-7-17(19)18-8-2-4-10-20(18)22/h1-4,7-10,16,21-23H,5-6,11-15H2,(H,27,32)(H,30,31)/t16-,21-,23-/m0/s1. The predicted octanol–water partition coefficient (Wildman–Crippen LogP) is 3.63. The van der Waals surface area contributed by atoms with E-state index in [9.17, 15) is 19.5 Å². The maximum Gasteiger partial charge on any atom is 0.407 e. The van der Waals surface area contributed by atoms with Crippen molar-refractivity contribution in [2.45, 2.75) is 37.6 Å². The number of benzene rings is 2. The minimum absolute atomic E-state index is 0.00505. The topological polar surface area (TPSA) is 95.9 Å². The molecule has 1 heterocycles. The minimum Gasteiger partial charge on any atom is -0.480 e. The number of piperidine rings is 1. The van der Waals surface area contributed by atoms with Gasteiger partial charge in [-0.25, -0.2) is 9.59 Å². The second kappa shape index (κ2) is 8.89. The third-order valence-electron chi connectivity index (χ3n) is 7.16. The van der Waals surface area contributed by atoms with Crippen LogP contribution in [0.1, 0.15) is 42.7 Å². The predicted molar refractivity (Wildman–Crippen MR) is 122 cm³/mol. The molecule has 3 atom stereocenters. The summed E-state index contributed by atoms with van der Waals surface area (Å²) < 4.78 is 5.56. The van der Waals surface area contributed by atoms with Crippen molar-refractivity contribution in [1.82, 2.24) is 10.2 Å². The molecule has 7 nitrogen and oxygen atoms in total. The Hall–Kier alpha value is -3.35. The molecule has 172 valence electrons. The van der Waals surface area contributed by atoms with E-state index in [0.29, 0.717) is 25.9 Å². The monoisotopic (exact) mass is 448 g/mol. The summed E-state index contributed by atoms with van der Waals surface area (Å²) in [4.78, 5) is 38.1. The number of hydrogen-bond acceptors (Lipinski definition) is 4. The van der Waals surface area contributed by atoms with E-state index in [1.54, 1.807) is 0 Å². The normalized spacial score (nSPS) is 23.4. The number of rotatable bonds is 6. The van der Waals surface area contributed by atoms with Crippen molar-refractivity contribution in [3.05, 3.63) is 59.7 Å². The maximum absolute atomic E-state index is 12.8. The van der Waals surface area contributed by atoms with Gasteiger partial charge in [-0.05, 0) is 53.9 Å². The van der Waals surface area contributed by atoms with E-state index in [2.05, 4.69) is 29.6 Å². The second-order valence-corrected chi connectivity index (χ2v) is 9.19. The maximum atomic E-state index is 12.8. The highest BCUT2D eigenvalue weighted by molar-refractivity contribution is 5.87. The average molecular weight is 449 g/mol. The zero-order valence-electron chi connectivity index (χ0n) is 18.4. The van der Waals surface area contributed by atoms with E-state index in [0.717, 1.165) is 24.0 Å². The molecule has 5 rings (SSSR count). The van der Waals surface area contributed by atoms with Crippen LogP contribution in [0.3, 0.4) is 0 Å². The van der Waals surface area contributed by atoms with Crippen LogP contribution in [0.25, 0.3) is 11.1 Å². The Bertz CT molecular complexity index is 1040. The van der Waals surface area contributed by atoms with Crippen molar-refractivity contribution in [3.63, 3.8) is 0 Å². The fourth-order valence-corrected chi connectivity index (χ4v) is 5.30. The lowest BCUT2D eigenvalue weighted by molar-refractivity contribution is -0.152. The van der Waals surface area contributed by atoms with E-state index >= 15 is 0 Å². The van der Waals surface area contributed by atoms with Crippen LogP contribution < -0.4 is 5.32 Å². The number of ether oxygens (including phenoxy) is 1. The summed E-state index contributed by atoms with van der Waals surface area (Å²) in [7, 11) is 0. The first kappa shape index (κ1) is 21.5. The molecule has 0 spiro atoms. The zero-order chi connectivity index (χ0) is 22.9. The summed E-state index contributed by atoms with van der Waals surface area (Å²) >= 11 is 0. The van der Waals surface area contributed by atoms with Crippen molar-refractivity contribution in [3.8, 4) is 11.1 Å². The van der Waals surface area contributed by atoms with Gasteiger partial charge in [0.25, 0.3) is 0 Å². The molecule has 7 heteroatoms. The number of hydrogen-bond donors (Lipinski definition) is 2.